The summed E-state index contributed by atoms with van der Waals surface area (Å²) in [5, 5.41) is 0. The van der Waals surface area contributed by atoms with E-state index in [9.17, 15) is 9.59 Å². The molecule has 0 aromatic rings. The van der Waals surface area contributed by atoms with Crippen molar-refractivity contribution in [2.45, 2.75) is 70.8 Å². The number of esters is 1. The minimum Gasteiger partial charge on any atom is -0.445 e. The predicted molar refractivity (Wildman–Crippen MR) is 95.4 cm³/mol. The Morgan fingerprint density at radius 3 is 2.72 bits per heavy atom. The lowest BCUT2D eigenvalue weighted by atomic mass is 9.50. The van der Waals surface area contributed by atoms with Crippen LogP contribution in [0.3, 0.4) is 0 Å². The highest BCUT2D eigenvalue weighted by atomic mass is 16.6. The van der Waals surface area contributed by atoms with E-state index < -0.39 is 5.60 Å². The maximum absolute atomic E-state index is 11.8. The van der Waals surface area contributed by atoms with Crippen molar-refractivity contribution in [3.8, 4) is 12.3 Å². The molecular weight excluding hydrogens is 312 g/mol. The predicted octanol–water partition coefficient (Wildman–Crippen LogP) is 4.06. The molecule has 3 fully saturated rings. The van der Waals surface area contributed by atoms with Crippen LogP contribution < -0.4 is 0 Å². The van der Waals surface area contributed by atoms with Crippen molar-refractivity contribution >= 4 is 11.8 Å². The second kappa shape index (κ2) is 5.73. The Kier molecular flexibility index (Phi) is 3.87. The van der Waals surface area contributed by atoms with Gasteiger partial charge >= 0.3 is 5.97 Å². The molecule has 0 aliphatic heterocycles. The van der Waals surface area contributed by atoms with Crippen LogP contribution >= 0.6 is 0 Å². The molecule has 6 atom stereocenters. The number of hydrogen-bond acceptors (Lipinski definition) is 3. The summed E-state index contributed by atoms with van der Waals surface area (Å²) in [5.74, 6) is 5.41. The standard InChI is InChI=1S/C22H28O3/c1-4-22(25-14(2)23)12-10-20-19-7-5-15-13-16(24)6-8-17(15)18(19)9-11-21(20,22)3/h1,13,17-20H,5-12H2,2-3H3/t17?,18-,19-,20+,21+,22+/m1/s1. The van der Waals surface area contributed by atoms with Crippen LogP contribution in [0.1, 0.15) is 65.2 Å². The first kappa shape index (κ1) is 16.9. The van der Waals surface area contributed by atoms with Gasteiger partial charge in [-0.1, -0.05) is 18.4 Å². The van der Waals surface area contributed by atoms with Gasteiger partial charge in [-0.3, -0.25) is 9.59 Å². The zero-order valence-electron chi connectivity index (χ0n) is 15.3. The quantitative estimate of drug-likeness (QED) is 0.534. The second-order valence-corrected chi connectivity index (χ2v) is 8.86. The van der Waals surface area contributed by atoms with E-state index in [1.807, 2.05) is 6.08 Å². The molecule has 3 saturated carbocycles. The van der Waals surface area contributed by atoms with Crippen LogP contribution in [-0.2, 0) is 14.3 Å². The topological polar surface area (TPSA) is 43.4 Å². The van der Waals surface area contributed by atoms with Gasteiger partial charge in [0.15, 0.2) is 11.4 Å². The van der Waals surface area contributed by atoms with E-state index in [1.165, 1.54) is 12.5 Å². The highest BCUT2D eigenvalue weighted by Crippen LogP contribution is 2.65. The van der Waals surface area contributed by atoms with Crippen molar-refractivity contribution in [1.82, 2.24) is 0 Å². The molecule has 0 N–H and O–H groups in total. The molecular formula is C22H28O3. The number of carbonyl (C=O) groups excluding carboxylic acids is 2. The Morgan fingerprint density at radius 2 is 2.00 bits per heavy atom. The van der Waals surface area contributed by atoms with Crippen LogP contribution in [0.5, 0.6) is 0 Å². The summed E-state index contributed by atoms with van der Waals surface area (Å²) in [7, 11) is 0. The number of rotatable bonds is 1. The number of terminal acetylenes is 1. The number of hydrogen-bond donors (Lipinski definition) is 0. The molecule has 0 bridgehead atoms. The lowest BCUT2D eigenvalue weighted by Crippen LogP contribution is -2.53. The molecule has 0 heterocycles. The molecule has 1 unspecified atom stereocenters. The second-order valence-electron chi connectivity index (χ2n) is 8.86. The van der Waals surface area contributed by atoms with E-state index in [0.29, 0.717) is 35.9 Å². The Labute approximate surface area is 150 Å². The van der Waals surface area contributed by atoms with Crippen molar-refractivity contribution < 1.29 is 14.3 Å². The first-order valence-corrected chi connectivity index (χ1v) is 9.81. The summed E-state index contributed by atoms with van der Waals surface area (Å²) in [6, 6.07) is 0. The van der Waals surface area contributed by atoms with E-state index in [2.05, 4.69) is 12.8 Å². The van der Waals surface area contributed by atoms with Gasteiger partial charge in [0.2, 0.25) is 0 Å². The van der Waals surface area contributed by atoms with Gasteiger partial charge in [0.1, 0.15) is 0 Å². The molecule has 4 aliphatic carbocycles. The van der Waals surface area contributed by atoms with Gasteiger partial charge in [0.05, 0.1) is 0 Å². The first-order valence-electron chi connectivity index (χ1n) is 9.81. The number of fused-ring (bicyclic) bond motifs is 5. The fraction of sp³-hybridized carbons (Fsp3) is 0.727. The summed E-state index contributed by atoms with van der Waals surface area (Å²) < 4.78 is 5.79. The highest BCUT2D eigenvalue weighted by Gasteiger charge is 2.64. The zero-order valence-corrected chi connectivity index (χ0v) is 15.3. The van der Waals surface area contributed by atoms with Gasteiger partial charge in [-0.15, -0.1) is 6.42 Å². The van der Waals surface area contributed by atoms with E-state index in [1.54, 1.807) is 0 Å². The summed E-state index contributed by atoms with van der Waals surface area (Å²) in [4.78, 5) is 23.5. The summed E-state index contributed by atoms with van der Waals surface area (Å²) >= 11 is 0. The number of carbonyl (C=O) groups is 2. The minimum atomic E-state index is -0.729. The smallest absolute Gasteiger partial charge is 0.304 e. The molecule has 3 heteroatoms. The van der Waals surface area contributed by atoms with Gasteiger partial charge in [-0.25, -0.2) is 0 Å². The molecule has 3 nitrogen and oxygen atoms in total. The van der Waals surface area contributed by atoms with E-state index in [-0.39, 0.29) is 11.4 Å². The first-order chi connectivity index (χ1) is 11.9. The van der Waals surface area contributed by atoms with E-state index in [4.69, 9.17) is 11.2 Å². The van der Waals surface area contributed by atoms with Gasteiger partial charge < -0.3 is 4.74 Å². The summed E-state index contributed by atoms with van der Waals surface area (Å²) in [6.45, 7) is 3.73. The SMILES string of the molecule is C#C[C@]1(OC(C)=O)CC[C@H]2[C@@H]3CCC4=CC(=O)CCC4[C@H]3CC[C@@]21C. The molecule has 0 aromatic heterocycles. The Bertz CT molecular complexity index is 684. The average molecular weight is 340 g/mol. The molecule has 0 amide bonds. The van der Waals surface area contributed by atoms with Crippen molar-refractivity contribution in [3.05, 3.63) is 11.6 Å². The minimum absolute atomic E-state index is 0.111. The third-order valence-corrected chi connectivity index (χ3v) is 7.97. The number of allylic oxidation sites excluding steroid dienone is 1. The average Bonchev–Trinajstić information content (AvgIpc) is 2.87. The van der Waals surface area contributed by atoms with Crippen LogP contribution in [0.25, 0.3) is 0 Å². The van der Waals surface area contributed by atoms with E-state index >= 15 is 0 Å². The third-order valence-electron chi connectivity index (χ3n) is 7.97. The van der Waals surface area contributed by atoms with Gasteiger partial charge in [-0.2, -0.15) is 0 Å². The summed E-state index contributed by atoms with van der Waals surface area (Å²) in [6.07, 6.45) is 15.8. The largest absolute Gasteiger partial charge is 0.445 e. The molecule has 4 aliphatic rings. The molecule has 4 rings (SSSR count). The Morgan fingerprint density at radius 1 is 1.20 bits per heavy atom. The maximum atomic E-state index is 11.8. The molecule has 134 valence electrons. The number of ketones is 1. The number of ether oxygens (including phenoxy) is 1. The zero-order chi connectivity index (χ0) is 17.8. The molecule has 0 aromatic carbocycles. The Balaban J connectivity index is 1.64. The van der Waals surface area contributed by atoms with Crippen LogP contribution in [0.2, 0.25) is 0 Å². The molecule has 0 spiro atoms. The van der Waals surface area contributed by atoms with Crippen LogP contribution in [0.4, 0.5) is 0 Å². The van der Waals surface area contributed by atoms with Gasteiger partial charge in [-0.05, 0) is 74.7 Å². The lowest BCUT2D eigenvalue weighted by molar-refractivity contribution is -0.167. The third kappa shape index (κ3) is 2.33. The molecule has 0 radical (unpaired) electrons. The van der Waals surface area contributed by atoms with Crippen molar-refractivity contribution in [1.29, 1.82) is 0 Å². The summed E-state index contributed by atoms with van der Waals surface area (Å²) in [5.41, 5.74) is 0.565. The maximum Gasteiger partial charge on any atom is 0.304 e. The van der Waals surface area contributed by atoms with Gasteiger partial charge in [0, 0.05) is 18.8 Å². The van der Waals surface area contributed by atoms with E-state index in [0.717, 1.165) is 44.9 Å². The van der Waals surface area contributed by atoms with Crippen LogP contribution in [-0.4, -0.2) is 17.4 Å². The Hall–Kier alpha value is -1.56. The van der Waals surface area contributed by atoms with Crippen LogP contribution in [0.15, 0.2) is 11.6 Å². The van der Waals surface area contributed by atoms with Crippen molar-refractivity contribution in [2.24, 2.45) is 29.1 Å². The van der Waals surface area contributed by atoms with Gasteiger partial charge in [0.25, 0.3) is 0 Å². The fourth-order valence-electron chi connectivity index (χ4n) is 6.86. The van der Waals surface area contributed by atoms with Crippen LogP contribution in [0, 0.1) is 41.4 Å². The normalized spacial score (nSPS) is 45.5. The fourth-order valence-corrected chi connectivity index (χ4v) is 6.86. The molecule has 25 heavy (non-hydrogen) atoms. The monoisotopic (exact) mass is 340 g/mol. The van der Waals surface area contributed by atoms with Crippen molar-refractivity contribution in [2.75, 3.05) is 0 Å². The lowest BCUT2D eigenvalue weighted by Gasteiger charge is -2.55. The van der Waals surface area contributed by atoms with Crippen molar-refractivity contribution in [3.63, 3.8) is 0 Å². The highest BCUT2D eigenvalue weighted by molar-refractivity contribution is 5.91. The molecule has 0 saturated heterocycles.